The SMILES string of the molecule is Cc1cc(Cl)cc2[nH]c(S(=O)Cc3ccccn3)nc12. The molecule has 0 radical (unpaired) electrons. The van der Waals surface area contributed by atoms with Crippen molar-refractivity contribution in [3.8, 4) is 0 Å². The average molecular weight is 306 g/mol. The first-order valence-electron chi connectivity index (χ1n) is 6.07. The maximum atomic E-state index is 12.3. The molecule has 3 aromatic rings. The molecule has 1 aromatic carbocycles. The number of fused-ring (bicyclic) bond motifs is 1. The quantitative estimate of drug-likeness (QED) is 0.808. The van der Waals surface area contributed by atoms with Crippen molar-refractivity contribution in [3.05, 3.63) is 52.8 Å². The van der Waals surface area contributed by atoms with Crippen LogP contribution in [0.3, 0.4) is 0 Å². The third-order valence-electron chi connectivity index (χ3n) is 2.94. The lowest BCUT2D eigenvalue weighted by atomic mass is 10.2. The number of hydrogen-bond donors (Lipinski definition) is 1. The Hall–Kier alpha value is -1.72. The predicted octanol–water partition coefficient (Wildman–Crippen LogP) is 3.23. The van der Waals surface area contributed by atoms with E-state index in [4.69, 9.17) is 11.6 Å². The third kappa shape index (κ3) is 2.59. The van der Waals surface area contributed by atoms with Crippen molar-refractivity contribution in [3.63, 3.8) is 0 Å². The summed E-state index contributed by atoms with van der Waals surface area (Å²) < 4.78 is 12.3. The summed E-state index contributed by atoms with van der Waals surface area (Å²) in [4.78, 5) is 11.7. The molecule has 20 heavy (non-hydrogen) atoms. The molecule has 0 spiro atoms. The second-order valence-corrected chi connectivity index (χ2v) is 6.27. The number of aromatic nitrogens is 3. The molecule has 0 saturated carbocycles. The van der Waals surface area contributed by atoms with Crippen molar-refractivity contribution >= 4 is 33.4 Å². The molecule has 1 unspecified atom stereocenters. The Labute approximate surface area is 123 Å². The predicted molar refractivity (Wildman–Crippen MR) is 80.2 cm³/mol. The molecule has 0 saturated heterocycles. The van der Waals surface area contributed by atoms with Crippen LogP contribution in [0.2, 0.25) is 5.02 Å². The van der Waals surface area contributed by atoms with Crippen LogP contribution in [-0.4, -0.2) is 19.2 Å². The maximum Gasteiger partial charge on any atom is 0.197 e. The molecule has 1 atom stereocenters. The van der Waals surface area contributed by atoms with Crippen molar-refractivity contribution < 1.29 is 4.21 Å². The fourth-order valence-electron chi connectivity index (χ4n) is 2.02. The van der Waals surface area contributed by atoms with Gasteiger partial charge in [-0.2, -0.15) is 0 Å². The summed E-state index contributed by atoms with van der Waals surface area (Å²) in [5, 5.41) is 1.09. The minimum absolute atomic E-state index is 0.341. The van der Waals surface area contributed by atoms with Crippen LogP contribution in [0.15, 0.2) is 41.7 Å². The number of benzene rings is 1. The van der Waals surface area contributed by atoms with E-state index in [0.29, 0.717) is 15.9 Å². The highest BCUT2D eigenvalue weighted by molar-refractivity contribution is 7.84. The van der Waals surface area contributed by atoms with Crippen LogP contribution in [0.5, 0.6) is 0 Å². The molecule has 0 aliphatic heterocycles. The Morgan fingerprint density at radius 3 is 2.95 bits per heavy atom. The normalized spacial score (nSPS) is 12.7. The number of aryl methyl sites for hydroxylation is 1. The van der Waals surface area contributed by atoms with Gasteiger partial charge < -0.3 is 4.98 Å². The van der Waals surface area contributed by atoms with E-state index in [1.165, 1.54) is 0 Å². The fraction of sp³-hybridized carbons (Fsp3) is 0.143. The van der Waals surface area contributed by atoms with Crippen LogP contribution in [0.25, 0.3) is 11.0 Å². The Morgan fingerprint density at radius 1 is 1.35 bits per heavy atom. The number of hydrogen-bond acceptors (Lipinski definition) is 3. The molecule has 0 fully saturated rings. The number of nitrogens with zero attached hydrogens (tertiary/aromatic N) is 2. The van der Waals surface area contributed by atoms with Crippen LogP contribution in [0.1, 0.15) is 11.3 Å². The van der Waals surface area contributed by atoms with Gasteiger partial charge in [-0.1, -0.05) is 17.7 Å². The van der Waals surface area contributed by atoms with Gasteiger partial charge in [0.15, 0.2) is 5.16 Å². The maximum absolute atomic E-state index is 12.3. The molecule has 4 nitrogen and oxygen atoms in total. The van der Waals surface area contributed by atoms with Gasteiger partial charge in [-0.3, -0.25) is 9.19 Å². The first kappa shape index (κ1) is 13.3. The number of aromatic amines is 1. The lowest BCUT2D eigenvalue weighted by Gasteiger charge is -1.97. The van der Waals surface area contributed by atoms with Crippen LogP contribution < -0.4 is 0 Å². The van der Waals surface area contributed by atoms with Gasteiger partial charge in [0.2, 0.25) is 0 Å². The third-order valence-corrected chi connectivity index (χ3v) is 4.34. The zero-order valence-corrected chi connectivity index (χ0v) is 12.3. The van der Waals surface area contributed by atoms with Crippen molar-refractivity contribution in [2.75, 3.05) is 0 Å². The van der Waals surface area contributed by atoms with Gasteiger partial charge in [-0.25, -0.2) is 4.98 Å². The van der Waals surface area contributed by atoms with Gasteiger partial charge >= 0.3 is 0 Å². The zero-order chi connectivity index (χ0) is 14.1. The minimum atomic E-state index is -1.25. The van der Waals surface area contributed by atoms with Crippen LogP contribution in [-0.2, 0) is 16.6 Å². The molecule has 1 N–H and O–H groups in total. The molecule has 2 heterocycles. The second kappa shape index (κ2) is 5.34. The molecule has 0 aliphatic carbocycles. The summed E-state index contributed by atoms with van der Waals surface area (Å²) in [5.41, 5.74) is 3.35. The second-order valence-electron chi connectivity index (χ2n) is 4.47. The molecule has 6 heteroatoms. The first-order valence-corrected chi connectivity index (χ1v) is 7.77. The molecule has 3 rings (SSSR count). The summed E-state index contributed by atoms with van der Waals surface area (Å²) in [6.07, 6.45) is 1.69. The highest BCUT2D eigenvalue weighted by Crippen LogP contribution is 2.23. The van der Waals surface area contributed by atoms with Gasteiger partial charge in [0.05, 0.1) is 33.3 Å². The highest BCUT2D eigenvalue weighted by Gasteiger charge is 2.13. The first-order chi connectivity index (χ1) is 9.63. The Balaban J connectivity index is 1.94. The zero-order valence-electron chi connectivity index (χ0n) is 10.8. The van der Waals surface area contributed by atoms with E-state index in [0.717, 1.165) is 22.3 Å². The standard InChI is InChI=1S/C14H12ClN3OS/c1-9-6-10(15)7-12-13(9)18-14(17-12)20(19)8-11-4-2-3-5-16-11/h2-7H,8H2,1H3,(H,17,18). The number of nitrogens with one attached hydrogen (secondary N) is 1. The topological polar surface area (TPSA) is 58.6 Å². The summed E-state index contributed by atoms with van der Waals surface area (Å²) in [5.74, 6) is 0.341. The molecule has 0 amide bonds. The van der Waals surface area contributed by atoms with E-state index in [9.17, 15) is 4.21 Å². The smallest absolute Gasteiger partial charge is 0.197 e. The number of H-pyrrole nitrogens is 1. The van der Waals surface area contributed by atoms with Crippen LogP contribution >= 0.6 is 11.6 Å². The van der Waals surface area contributed by atoms with Crippen molar-refractivity contribution in [2.24, 2.45) is 0 Å². The Kier molecular flexibility index (Phi) is 3.54. The van der Waals surface area contributed by atoms with E-state index in [2.05, 4.69) is 15.0 Å². The number of pyridine rings is 1. The molecule has 0 bridgehead atoms. The largest absolute Gasteiger partial charge is 0.331 e. The summed E-state index contributed by atoms with van der Waals surface area (Å²) in [6.45, 7) is 1.93. The van der Waals surface area contributed by atoms with E-state index in [-0.39, 0.29) is 0 Å². The van der Waals surface area contributed by atoms with E-state index >= 15 is 0 Å². The van der Waals surface area contributed by atoms with Crippen molar-refractivity contribution in [2.45, 2.75) is 17.8 Å². The summed E-state index contributed by atoms with van der Waals surface area (Å²) >= 11 is 6.01. The summed E-state index contributed by atoms with van der Waals surface area (Å²) in [6, 6.07) is 9.19. The van der Waals surface area contributed by atoms with Gasteiger partial charge in [0, 0.05) is 11.2 Å². The number of halogens is 1. The molecule has 102 valence electrons. The molecular weight excluding hydrogens is 294 g/mol. The van der Waals surface area contributed by atoms with Gasteiger partial charge in [-0.15, -0.1) is 0 Å². The average Bonchev–Trinajstić information content (AvgIpc) is 2.84. The van der Waals surface area contributed by atoms with E-state index in [1.54, 1.807) is 12.3 Å². The number of rotatable bonds is 3. The molecule has 0 aliphatic rings. The monoisotopic (exact) mass is 305 g/mol. The fourth-order valence-corrected chi connectivity index (χ4v) is 3.28. The molecule has 2 aromatic heterocycles. The lowest BCUT2D eigenvalue weighted by Crippen LogP contribution is -2.00. The Bertz CT molecular complexity index is 786. The van der Waals surface area contributed by atoms with Crippen LogP contribution in [0, 0.1) is 6.92 Å². The lowest BCUT2D eigenvalue weighted by molar-refractivity contribution is 0.677. The van der Waals surface area contributed by atoms with Crippen LogP contribution in [0.4, 0.5) is 0 Å². The van der Waals surface area contributed by atoms with Crippen molar-refractivity contribution in [1.29, 1.82) is 0 Å². The Morgan fingerprint density at radius 2 is 2.20 bits per heavy atom. The van der Waals surface area contributed by atoms with Gasteiger partial charge in [0.25, 0.3) is 0 Å². The van der Waals surface area contributed by atoms with Crippen molar-refractivity contribution in [1.82, 2.24) is 15.0 Å². The number of imidazole rings is 1. The van der Waals surface area contributed by atoms with Gasteiger partial charge in [-0.05, 0) is 36.8 Å². The molecular formula is C14H12ClN3OS. The van der Waals surface area contributed by atoms with E-state index < -0.39 is 10.8 Å². The highest BCUT2D eigenvalue weighted by atomic mass is 35.5. The van der Waals surface area contributed by atoms with E-state index in [1.807, 2.05) is 31.2 Å². The minimum Gasteiger partial charge on any atom is -0.331 e. The van der Waals surface area contributed by atoms with Gasteiger partial charge in [0.1, 0.15) is 0 Å². The summed E-state index contributed by atoms with van der Waals surface area (Å²) in [7, 11) is -1.25.